The van der Waals surface area contributed by atoms with E-state index in [1.807, 2.05) is 37.3 Å². The standard InChI is InChI=1S/C14H14BrN3O/c1-2-16-12-6-7-13(17-9-12)14(19)18-11-5-3-4-10(15)8-11/h3-9,16H,2H2,1H3,(H,18,19). The summed E-state index contributed by atoms with van der Waals surface area (Å²) in [5.41, 5.74) is 2.03. The van der Waals surface area contributed by atoms with Gasteiger partial charge in [0.25, 0.3) is 5.91 Å². The van der Waals surface area contributed by atoms with Crippen molar-refractivity contribution in [1.29, 1.82) is 0 Å². The van der Waals surface area contributed by atoms with Gasteiger partial charge in [-0.05, 0) is 37.3 Å². The minimum absolute atomic E-state index is 0.221. The van der Waals surface area contributed by atoms with E-state index in [0.29, 0.717) is 5.69 Å². The van der Waals surface area contributed by atoms with Crippen LogP contribution in [0.4, 0.5) is 11.4 Å². The Morgan fingerprint density at radius 2 is 2.11 bits per heavy atom. The summed E-state index contributed by atoms with van der Waals surface area (Å²) in [4.78, 5) is 16.1. The molecular formula is C14H14BrN3O. The summed E-state index contributed by atoms with van der Waals surface area (Å²) >= 11 is 3.36. The highest BCUT2D eigenvalue weighted by Gasteiger charge is 2.07. The van der Waals surface area contributed by atoms with Gasteiger partial charge in [0.05, 0.1) is 11.9 Å². The summed E-state index contributed by atoms with van der Waals surface area (Å²) in [7, 11) is 0. The lowest BCUT2D eigenvalue weighted by atomic mass is 10.3. The van der Waals surface area contributed by atoms with Crippen LogP contribution in [0.5, 0.6) is 0 Å². The zero-order chi connectivity index (χ0) is 13.7. The highest BCUT2D eigenvalue weighted by Crippen LogP contribution is 2.16. The summed E-state index contributed by atoms with van der Waals surface area (Å²) < 4.78 is 0.917. The van der Waals surface area contributed by atoms with E-state index in [2.05, 4.69) is 31.5 Å². The molecule has 0 aliphatic heterocycles. The predicted molar refractivity (Wildman–Crippen MR) is 80.5 cm³/mol. The van der Waals surface area contributed by atoms with E-state index >= 15 is 0 Å². The van der Waals surface area contributed by atoms with Gasteiger partial charge in [-0.25, -0.2) is 4.98 Å². The number of anilines is 2. The lowest BCUT2D eigenvalue weighted by molar-refractivity contribution is 0.102. The van der Waals surface area contributed by atoms with Gasteiger partial charge in [-0.15, -0.1) is 0 Å². The topological polar surface area (TPSA) is 54.0 Å². The van der Waals surface area contributed by atoms with Gasteiger partial charge in [0.15, 0.2) is 0 Å². The first-order valence-corrected chi connectivity index (χ1v) is 6.75. The zero-order valence-electron chi connectivity index (χ0n) is 10.5. The van der Waals surface area contributed by atoms with E-state index in [1.54, 1.807) is 12.3 Å². The van der Waals surface area contributed by atoms with Crippen molar-refractivity contribution in [2.45, 2.75) is 6.92 Å². The third-order valence-electron chi connectivity index (χ3n) is 2.46. The van der Waals surface area contributed by atoms with Gasteiger partial charge in [-0.2, -0.15) is 0 Å². The van der Waals surface area contributed by atoms with Crippen molar-refractivity contribution in [3.05, 3.63) is 52.8 Å². The van der Waals surface area contributed by atoms with Gasteiger partial charge in [0, 0.05) is 16.7 Å². The molecule has 0 saturated heterocycles. The monoisotopic (exact) mass is 319 g/mol. The van der Waals surface area contributed by atoms with Crippen LogP contribution in [0.25, 0.3) is 0 Å². The molecule has 1 heterocycles. The molecule has 0 atom stereocenters. The second kappa shape index (κ2) is 6.33. The van der Waals surface area contributed by atoms with Crippen LogP contribution in [-0.2, 0) is 0 Å². The van der Waals surface area contributed by atoms with Gasteiger partial charge >= 0.3 is 0 Å². The van der Waals surface area contributed by atoms with E-state index < -0.39 is 0 Å². The van der Waals surface area contributed by atoms with Crippen LogP contribution in [0, 0.1) is 0 Å². The van der Waals surface area contributed by atoms with Crippen LogP contribution in [0.15, 0.2) is 47.1 Å². The van der Waals surface area contributed by atoms with Crippen molar-refractivity contribution in [2.75, 3.05) is 17.2 Å². The fourth-order valence-corrected chi connectivity index (χ4v) is 2.00. The van der Waals surface area contributed by atoms with Gasteiger partial charge < -0.3 is 10.6 Å². The zero-order valence-corrected chi connectivity index (χ0v) is 12.1. The van der Waals surface area contributed by atoms with Crippen LogP contribution in [0.3, 0.4) is 0 Å². The number of hydrogen-bond acceptors (Lipinski definition) is 3. The lowest BCUT2D eigenvalue weighted by Gasteiger charge is -2.06. The van der Waals surface area contributed by atoms with Crippen LogP contribution >= 0.6 is 15.9 Å². The molecule has 2 aromatic rings. The third kappa shape index (κ3) is 3.79. The molecule has 0 spiro atoms. The number of carbonyl (C=O) groups is 1. The van der Waals surface area contributed by atoms with E-state index in [9.17, 15) is 4.79 Å². The molecule has 2 rings (SSSR count). The Bertz CT molecular complexity index is 569. The normalized spacial score (nSPS) is 10.0. The van der Waals surface area contributed by atoms with Crippen LogP contribution < -0.4 is 10.6 Å². The molecule has 1 amide bonds. The molecule has 0 unspecified atom stereocenters. The fraction of sp³-hybridized carbons (Fsp3) is 0.143. The Kier molecular flexibility index (Phi) is 4.52. The van der Waals surface area contributed by atoms with Crippen molar-refractivity contribution in [1.82, 2.24) is 4.98 Å². The Hall–Kier alpha value is -1.88. The molecule has 98 valence electrons. The number of halogens is 1. The summed E-state index contributed by atoms with van der Waals surface area (Å²) in [6.07, 6.45) is 1.65. The maximum Gasteiger partial charge on any atom is 0.274 e. The molecule has 0 fully saturated rings. The number of carbonyl (C=O) groups excluding carboxylic acids is 1. The van der Waals surface area contributed by atoms with Crippen LogP contribution in [0.1, 0.15) is 17.4 Å². The molecule has 2 N–H and O–H groups in total. The van der Waals surface area contributed by atoms with Crippen molar-refractivity contribution in [2.24, 2.45) is 0 Å². The highest BCUT2D eigenvalue weighted by molar-refractivity contribution is 9.10. The largest absolute Gasteiger partial charge is 0.384 e. The maximum absolute atomic E-state index is 12.0. The first-order valence-electron chi connectivity index (χ1n) is 5.96. The van der Waals surface area contributed by atoms with E-state index in [-0.39, 0.29) is 5.91 Å². The minimum Gasteiger partial charge on any atom is -0.384 e. The molecule has 19 heavy (non-hydrogen) atoms. The summed E-state index contributed by atoms with van der Waals surface area (Å²) in [5.74, 6) is -0.221. The Morgan fingerprint density at radius 3 is 2.74 bits per heavy atom. The fourth-order valence-electron chi connectivity index (χ4n) is 1.60. The molecule has 0 saturated carbocycles. The molecule has 5 heteroatoms. The SMILES string of the molecule is CCNc1ccc(C(=O)Nc2cccc(Br)c2)nc1. The van der Waals surface area contributed by atoms with Gasteiger partial charge in [-0.3, -0.25) is 4.79 Å². The van der Waals surface area contributed by atoms with Gasteiger partial charge in [0.2, 0.25) is 0 Å². The lowest BCUT2D eigenvalue weighted by Crippen LogP contribution is -2.13. The smallest absolute Gasteiger partial charge is 0.274 e. The van der Waals surface area contributed by atoms with Crippen molar-refractivity contribution in [3.8, 4) is 0 Å². The van der Waals surface area contributed by atoms with Crippen molar-refractivity contribution in [3.63, 3.8) is 0 Å². The van der Waals surface area contributed by atoms with Crippen molar-refractivity contribution >= 4 is 33.2 Å². The van der Waals surface area contributed by atoms with Crippen LogP contribution in [-0.4, -0.2) is 17.4 Å². The summed E-state index contributed by atoms with van der Waals surface area (Å²) in [6, 6.07) is 11.0. The molecular weight excluding hydrogens is 306 g/mol. The molecule has 0 radical (unpaired) electrons. The minimum atomic E-state index is -0.221. The summed E-state index contributed by atoms with van der Waals surface area (Å²) in [6.45, 7) is 2.83. The van der Waals surface area contributed by atoms with Crippen LogP contribution in [0.2, 0.25) is 0 Å². The number of rotatable bonds is 4. The Balaban J connectivity index is 2.07. The number of nitrogens with zero attached hydrogens (tertiary/aromatic N) is 1. The summed E-state index contributed by atoms with van der Waals surface area (Å²) in [5, 5.41) is 5.93. The number of hydrogen-bond donors (Lipinski definition) is 2. The second-order valence-electron chi connectivity index (χ2n) is 3.93. The quantitative estimate of drug-likeness (QED) is 0.906. The average molecular weight is 320 g/mol. The molecule has 0 aliphatic carbocycles. The first-order chi connectivity index (χ1) is 9.19. The number of pyridine rings is 1. The average Bonchev–Trinajstić information content (AvgIpc) is 2.40. The van der Waals surface area contributed by atoms with Gasteiger partial charge in [-0.1, -0.05) is 22.0 Å². The van der Waals surface area contributed by atoms with Gasteiger partial charge in [0.1, 0.15) is 5.69 Å². The predicted octanol–water partition coefficient (Wildman–Crippen LogP) is 3.53. The molecule has 1 aromatic heterocycles. The van der Waals surface area contributed by atoms with E-state index in [1.165, 1.54) is 0 Å². The number of amides is 1. The third-order valence-corrected chi connectivity index (χ3v) is 2.95. The highest BCUT2D eigenvalue weighted by atomic mass is 79.9. The Morgan fingerprint density at radius 1 is 1.26 bits per heavy atom. The van der Waals surface area contributed by atoms with E-state index in [4.69, 9.17) is 0 Å². The molecule has 0 aliphatic rings. The second-order valence-corrected chi connectivity index (χ2v) is 4.84. The Labute approximate surface area is 120 Å². The van der Waals surface area contributed by atoms with Crippen molar-refractivity contribution < 1.29 is 4.79 Å². The number of benzene rings is 1. The molecule has 1 aromatic carbocycles. The molecule has 4 nitrogen and oxygen atoms in total. The van der Waals surface area contributed by atoms with E-state index in [0.717, 1.165) is 22.4 Å². The first kappa shape index (κ1) is 13.5. The maximum atomic E-state index is 12.0. The number of nitrogens with one attached hydrogen (secondary N) is 2. The molecule has 0 bridgehead atoms. The number of aromatic nitrogens is 1.